The lowest BCUT2D eigenvalue weighted by Gasteiger charge is -2.01. The Morgan fingerprint density at radius 2 is 1.92 bits per heavy atom. The van der Waals surface area contributed by atoms with Crippen molar-refractivity contribution in [3.63, 3.8) is 0 Å². The fourth-order valence-electron chi connectivity index (χ4n) is 0.898. The Labute approximate surface area is 87.6 Å². The summed E-state index contributed by atoms with van der Waals surface area (Å²) in [4.78, 5) is 10.8. The molecule has 4 heteroatoms. The van der Waals surface area contributed by atoms with E-state index in [0.29, 0.717) is 4.43 Å². The maximum absolute atomic E-state index is 10.8. The average Bonchev–Trinajstić information content (AvgIpc) is 2.10. The molecule has 0 heterocycles. The summed E-state index contributed by atoms with van der Waals surface area (Å²) >= 11 is 2.06. The Bertz CT molecular complexity index is 120. The van der Waals surface area contributed by atoms with E-state index in [4.69, 9.17) is 5.73 Å². The third-order valence-corrected chi connectivity index (χ3v) is 2.27. The molecule has 0 aromatic carbocycles. The zero-order valence-electron chi connectivity index (χ0n) is 7.31. The Morgan fingerprint density at radius 1 is 1.25 bits per heavy atom. The molecule has 0 aliphatic rings. The van der Waals surface area contributed by atoms with E-state index in [2.05, 4.69) is 27.9 Å². The summed E-state index contributed by atoms with van der Waals surface area (Å²) in [5.41, 5.74) is 5.34. The van der Waals surface area contributed by atoms with E-state index in [1.165, 1.54) is 12.8 Å². The second kappa shape index (κ2) is 9.25. The summed E-state index contributed by atoms with van der Waals surface area (Å²) in [7, 11) is 0. The van der Waals surface area contributed by atoms with Gasteiger partial charge in [-0.3, -0.25) is 4.79 Å². The van der Waals surface area contributed by atoms with Crippen LogP contribution < -0.4 is 11.1 Å². The van der Waals surface area contributed by atoms with Gasteiger partial charge in [-0.1, -0.05) is 35.4 Å². The highest BCUT2D eigenvalue weighted by Gasteiger charge is 1.95. The predicted molar refractivity (Wildman–Crippen MR) is 59.4 cm³/mol. The van der Waals surface area contributed by atoms with Gasteiger partial charge >= 0.3 is 0 Å². The monoisotopic (exact) mass is 284 g/mol. The molecule has 0 atom stereocenters. The molecule has 0 spiro atoms. The van der Waals surface area contributed by atoms with Gasteiger partial charge in [0.2, 0.25) is 5.91 Å². The molecular weight excluding hydrogens is 267 g/mol. The fraction of sp³-hybridized carbons (Fsp3) is 0.875. The van der Waals surface area contributed by atoms with E-state index < -0.39 is 0 Å². The first-order valence-corrected chi connectivity index (χ1v) is 5.86. The smallest absolute Gasteiger partial charge is 0.229 e. The van der Waals surface area contributed by atoms with Gasteiger partial charge < -0.3 is 11.1 Å². The number of unbranched alkanes of at least 4 members (excludes halogenated alkanes) is 3. The molecule has 72 valence electrons. The van der Waals surface area contributed by atoms with Crippen LogP contribution in [0.3, 0.4) is 0 Å². The second-order valence-electron chi connectivity index (χ2n) is 2.69. The molecule has 12 heavy (non-hydrogen) atoms. The highest BCUT2D eigenvalue weighted by molar-refractivity contribution is 14.1. The van der Waals surface area contributed by atoms with Crippen LogP contribution in [-0.2, 0) is 4.79 Å². The van der Waals surface area contributed by atoms with Crippen LogP contribution in [-0.4, -0.2) is 23.4 Å². The number of carbonyl (C=O) groups is 1. The standard InChI is InChI=1S/C8H17IN2O/c9-7-8(12)11-6-4-2-1-3-5-10/h1-7,10H2,(H,11,12). The van der Waals surface area contributed by atoms with Crippen molar-refractivity contribution >= 4 is 28.5 Å². The number of hydrogen-bond acceptors (Lipinski definition) is 2. The molecule has 0 bridgehead atoms. The topological polar surface area (TPSA) is 55.1 Å². The minimum absolute atomic E-state index is 0.134. The maximum atomic E-state index is 10.8. The molecule has 0 aromatic rings. The predicted octanol–water partition coefficient (Wildman–Crippen LogP) is 1.06. The number of alkyl halides is 1. The van der Waals surface area contributed by atoms with Crippen molar-refractivity contribution in [3.8, 4) is 0 Å². The van der Waals surface area contributed by atoms with E-state index in [-0.39, 0.29) is 5.91 Å². The lowest BCUT2D eigenvalue weighted by atomic mass is 10.2. The Hall–Kier alpha value is 0.160. The van der Waals surface area contributed by atoms with Crippen molar-refractivity contribution < 1.29 is 4.79 Å². The lowest BCUT2D eigenvalue weighted by Crippen LogP contribution is -2.25. The van der Waals surface area contributed by atoms with Gasteiger partial charge in [-0.25, -0.2) is 0 Å². The largest absolute Gasteiger partial charge is 0.355 e. The van der Waals surface area contributed by atoms with E-state index in [0.717, 1.165) is 25.9 Å². The zero-order chi connectivity index (χ0) is 9.23. The lowest BCUT2D eigenvalue weighted by molar-refractivity contribution is -0.118. The molecule has 3 nitrogen and oxygen atoms in total. The van der Waals surface area contributed by atoms with E-state index in [1.54, 1.807) is 0 Å². The van der Waals surface area contributed by atoms with Gasteiger partial charge in [0.05, 0.1) is 4.43 Å². The highest BCUT2D eigenvalue weighted by Crippen LogP contribution is 1.96. The molecule has 0 saturated heterocycles. The first-order chi connectivity index (χ1) is 5.81. The molecule has 0 fully saturated rings. The molecule has 0 radical (unpaired) electrons. The number of nitrogens with two attached hydrogens (primary N) is 1. The van der Waals surface area contributed by atoms with Crippen LogP contribution in [0.5, 0.6) is 0 Å². The van der Waals surface area contributed by atoms with Gasteiger partial charge in [-0.2, -0.15) is 0 Å². The van der Waals surface area contributed by atoms with Crippen LogP contribution in [0.4, 0.5) is 0 Å². The first kappa shape index (κ1) is 12.2. The van der Waals surface area contributed by atoms with Crippen molar-refractivity contribution in [2.45, 2.75) is 25.7 Å². The number of hydrogen-bond donors (Lipinski definition) is 2. The van der Waals surface area contributed by atoms with Crippen molar-refractivity contribution in [1.82, 2.24) is 5.32 Å². The first-order valence-electron chi connectivity index (χ1n) is 4.34. The van der Waals surface area contributed by atoms with Gasteiger partial charge in [0.15, 0.2) is 0 Å². The Balaban J connectivity index is 2.95. The van der Waals surface area contributed by atoms with Crippen molar-refractivity contribution in [2.24, 2.45) is 5.73 Å². The molecule has 0 aliphatic heterocycles. The molecule has 0 saturated carbocycles. The second-order valence-corrected chi connectivity index (χ2v) is 3.45. The minimum atomic E-state index is 0.134. The molecule has 1 amide bonds. The Morgan fingerprint density at radius 3 is 2.50 bits per heavy atom. The van der Waals surface area contributed by atoms with Gasteiger partial charge in [0, 0.05) is 6.54 Å². The van der Waals surface area contributed by atoms with Crippen molar-refractivity contribution in [3.05, 3.63) is 0 Å². The van der Waals surface area contributed by atoms with Crippen molar-refractivity contribution in [2.75, 3.05) is 17.5 Å². The van der Waals surface area contributed by atoms with E-state index in [1.807, 2.05) is 0 Å². The number of amides is 1. The van der Waals surface area contributed by atoms with Crippen LogP contribution in [0, 0.1) is 0 Å². The summed E-state index contributed by atoms with van der Waals surface area (Å²) in [6, 6.07) is 0. The average molecular weight is 284 g/mol. The Kier molecular flexibility index (Phi) is 9.37. The number of rotatable bonds is 7. The summed E-state index contributed by atoms with van der Waals surface area (Å²) in [5.74, 6) is 0.134. The molecule has 0 rings (SSSR count). The van der Waals surface area contributed by atoms with Crippen LogP contribution >= 0.6 is 22.6 Å². The quantitative estimate of drug-likeness (QED) is 0.417. The number of halogens is 1. The third-order valence-electron chi connectivity index (χ3n) is 1.57. The minimum Gasteiger partial charge on any atom is -0.355 e. The van der Waals surface area contributed by atoms with Crippen LogP contribution in [0.25, 0.3) is 0 Å². The summed E-state index contributed by atoms with van der Waals surface area (Å²) < 4.78 is 0.556. The molecule has 0 unspecified atom stereocenters. The molecule has 3 N–H and O–H groups in total. The summed E-state index contributed by atoms with van der Waals surface area (Å²) in [5, 5.41) is 2.83. The summed E-state index contributed by atoms with van der Waals surface area (Å²) in [6.07, 6.45) is 4.51. The van der Waals surface area contributed by atoms with Crippen molar-refractivity contribution in [1.29, 1.82) is 0 Å². The van der Waals surface area contributed by atoms with Crippen LogP contribution in [0.1, 0.15) is 25.7 Å². The fourth-order valence-corrected chi connectivity index (χ4v) is 1.17. The van der Waals surface area contributed by atoms with Gasteiger partial charge in [-0.05, 0) is 19.4 Å². The number of nitrogens with one attached hydrogen (secondary N) is 1. The molecule has 0 aromatic heterocycles. The normalized spacial score (nSPS) is 9.83. The molecule has 0 aliphatic carbocycles. The van der Waals surface area contributed by atoms with Gasteiger partial charge in [0.25, 0.3) is 0 Å². The van der Waals surface area contributed by atoms with Crippen LogP contribution in [0.2, 0.25) is 0 Å². The van der Waals surface area contributed by atoms with Gasteiger partial charge in [-0.15, -0.1) is 0 Å². The number of carbonyl (C=O) groups excluding carboxylic acids is 1. The van der Waals surface area contributed by atoms with E-state index in [9.17, 15) is 4.79 Å². The third kappa shape index (κ3) is 8.26. The zero-order valence-corrected chi connectivity index (χ0v) is 9.47. The van der Waals surface area contributed by atoms with Crippen LogP contribution in [0.15, 0.2) is 0 Å². The molecular formula is C8H17IN2O. The highest BCUT2D eigenvalue weighted by atomic mass is 127. The SMILES string of the molecule is NCCCCCCNC(=O)CI. The van der Waals surface area contributed by atoms with Gasteiger partial charge in [0.1, 0.15) is 0 Å². The maximum Gasteiger partial charge on any atom is 0.229 e. The van der Waals surface area contributed by atoms with E-state index >= 15 is 0 Å². The summed E-state index contributed by atoms with van der Waals surface area (Å²) in [6.45, 7) is 1.59.